The molecule has 0 bridgehead atoms. The molecule has 0 spiro atoms. The Bertz CT molecular complexity index is 117. The van der Waals surface area contributed by atoms with E-state index in [2.05, 4.69) is 32.7 Å². The number of likely N-dealkylation sites (tertiary alicyclic amines) is 1. The van der Waals surface area contributed by atoms with E-state index < -0.39 is 0 Å². The van der Waals surface area contributed by atoms with E-state index in [0.29, 0.717) is 0 Å². The van der Waals surface area contributed by atoms with Crippen LogP contribution in [0.5, 0.6) is 0 Å². The van der Waals surface area contributed by atoms with Gasteiger partial charge in [0.25, 0.3) is 0 Å². The molecule has 1 aliphatic rings. The number of nitrogens with zero attached hydrogens (tertiary/aromatic N) is 1. The predicted molar refractivity (Wildman–Crippen MR) is 54.3 cm³/mol. The van der Waals surface area contributed by atoms with E-state index in [0.717, 1.165) is 17.9 Å². The van der Waals surface area contributed by atoms with Crippen LogP contribution in [0.1, 0.15) is 40.0 Å². The van der Waals surface area contributed by atoms with E-state index >= 15 is 0 Å². The predicted octanol–water partition coefficient (Wildman–Crippen LogP) is 2.76. The largest absolute Gasteiger partial charge is 0.303 e. The van der Waals surface area contributed by atoms with Gasteiger partial charge in [0.05, 0.1) is 0 Å². The van der Waals surface area contributed by atoms with Crippen molar-refractivity contribution in [2.75, 3.05) is 13.6 Å². The van der Waals surface area contributed by atoms with Crippen molar-refractivity contribution in [3.8, 4) is 0 Å². The maximum Gasteiger partial charge on any atom is 0.00920 e. The highest BCUT2D eigenvalue weighted by molar-refractivity contribution is 4.77. The lowest BCUT2D eigenvalue weighted by molar-refractivity contribution is 0.136. The maximum atomic E-state index is 2.51. The summed E-state index contributed by atoms with van der Waals surface area (Å²) in [6.45, 7) is 8.46. The van der Waals surface area contributed by atoms with Crippen LogP contribution in [0.3, 0.4) is 0 Å². The molecule has 0 aliphatic carbocycles. The van der Waals surface area contributed by atoms with E-state index in [-0.39, 0.29) is 0 Å². The Balaban J connectivity index is 2.55. The minimum Gasteiger partial charge on any atom is -0.303 e. The SMILES string of the molecule is CC1CCCCN(C)C(C)C1C. The fourth-order valence-electron chi connectivity index (χ4n) is 2.17. The number of rotatable bonds is 0. The van der Waals surface area contributed by atoms with Crippen LogP contribution in [0, 0.1) is 11.8 Å². The van der Waals surface area contributed by atoms with Gasteiger partial charge in [-0.2, -0.15) is 0 Å². The summed E-state index contributed by atoms with van der Waals surface area (Å²) in [7, 11) is 2.26. The summed E-state index contributed by atoms with van der Waals surface area (Å²) < 4.78 is 0. The molecule has 3 unspecified atom stereocenters. The van der Waals surface area contributed by atoms with Crippen LogP contribution in [0.15, 0.2) is 0 Å². The standard InChI is InChI=1S/C11H23N/c1-9-7-5-6-8-12(4)11(3)10(9)2/h9-11H,5-8H2,1-4H3. The van der Waals surface area contributed by atoms with E-state index in [1.54, 1.807) is 0 Å². The van der Waals surface area contributed by atoms with Crippen molar-refractivity contribution in [3.05, 3.63) is 0 Å². The third-order valence-electron chi connectivity index (χ3n) is 3.77. The zero-order valence-corrected chi connectivity index (χ0v) is 9.01. The third-order valence-corrected chi connectivity index (χ3v) is 3.77. The van der Waals surface area contributed by atoms with Crippen LogP contribution in [-0.4, -0.2) is 24.5 Å². The van der Waals surface area contributed by atoms with Gasteiger partial charge in [-0.3, -0.25) is 0 Å². The minimum absolute atomic E-state index is 0.764. The molecular weight excluding hydrogens is 146 g/mol. The molecule has 1 aliphatic heterocycles. The average molecular weight is 169 g/mol. The summed E-state index contributed by atoms with van der Waals surface area (Å²) in [6.07, 6.45) is 4.24. The molecule has 0 N–H and O–H groups in total. The Labute approximate surface area is 77.1 Å². The van der Waals surface area contributed by atoms with Crippen molar-refractivity contribution in [2.24, 2.45) is 11.8 Å². The van der Waals surface area contributed by atoms with Crippen LogP contribution in [-0.2, 0) is 0 Å². The Morgan fingerprint density at radius 1 is 1.08 bits per heavy atom. The van der Waals surface area contributed by atoms with Crippen LogP contribution in [0.25, 0.3) is 0 Å². The first-order chi connectivity index (χ1) is 5.63. The lowest BCUT2D eigenvalue weighted by Gasteiger charge is -2.35. The van der Waals surface area contributed by atoms with Crippen LogP contribution < -0.4 is 0 Å². The summed E-state index contributed by atoms with van der Waals surface area (Å²) >= 11 is 0. The van der Waals surface area contributed by atoms with Crippen LogP contribution in [0.2, 0.25) is 0 Å². The first-order valence-electron chi connectivity index (χ1n) is 5.33. The highest BCUT2D eigenvalue weighted by Gasteiger charge is 2.23. The minimum atomic E-state index is 0.764. The van der Waals surface area contributed by atoms with E-state index in [1.165, 1.54) is 25.8 Å². The lowest BCUT2D eigenvalue weighted by atomic mass is 9.84. The third kappa shape index (κ3) is 2.22. The molecule has 3 atom stereocenters. The molecule has 0 radical (unpaired) electrons. The summed E-state index contributed by atoms with van der Waals surface area (Å²) in [6, 6.07) is 0.764. The molecule has 0 aromatic carbocycles. The lowest BCUT2D eigenvalue weighted by Crippen LogP contribution is -2.39. The van der Waals surface area contributed by atoms with Crippen LogP contribution in [0.4, 0.5) is 0 Å². The first kappa shape index (κ1) is 10.0. The zero-order chi connectivity index (χ0) is 9.14. The van der Waals surface area contributed by atoms with E-state index in [4.69, 9.17) is 0 Å². The van der Waals surface area contributed by atoms with Gasteiger partial charge in [0.1, 0.15) is 0 Å². The van der Waals surface area contributed by atoms with Gasteiger partial charge in [0.15, 0.2) is 0 Å². The molecule has 1 heterocycles. The van der Waals surface area contributed by atoms with Gasteiger partial charge in [-0.05, 0) is 38.8 Å². The summed E-state index contributed by atoms with van der Waals surface area (Å²) in [5, 5.41) is 0. The summed E-state index contributed by atoms with van der Waals surface area (Å²) in [4.78, 5) is 2.51. The molecule has 1 fully saturated rings. The molecule has 0 saturated carbocycles. The molecule has 12 heavy (non-hydrogen) atoms. The molecule has 0 amide bonds. The molecule has 72 valence electrons. The monoisotopic (exact) mass is 169 g/mol. The van der Waals surface area contributed by atoms with Crippen molar-refractivity contribution in [1.29, 1.82) is 0 Å². The molecule has 1 saturated heterocycles. The maximum absolute atomic E-state index is 2.51. The smallest absolute Gasteiger partial charge is 0.00920 e. The highest BCUT2D eigenvalue weighted by atomic mass is 15.1. The number of hydrogen-bond donors (Lipinski definition) is 0. The van der Waals surface area contributed by atoms with Crippen molar-refractivity contribution >= 4 is 0 Å². The quantitative estimate of drug-likeness (QED) is 0.539. The normalized spacial score (nSPS) is 40.5. The molecule has 1 nitrogen and oxygen atoms in total. The van der Waals surface area contributed by atoms with Gasteiger partial charge >= 0.3 is 0 Å². The van der Waals surface area contributed by atoms with Crippen LogP contribution >= 0.6 is 0 Å². The average Bonchev–Trinajstić information content (AvgIpc) is 2.07. The van der Waals surface area contributed by atoms with Gasteiger partial charge in [-0.1, -0.05) is 26.7 Å². The van der Waals surface area contributed by atoms with Crippen molar-refractivity contribution in [1.82, 2.24) is 4.90 Å². The molecule has 0 aromatic rings. The fourth-order valence-corrected chi connectivity index (χ4v) is 2.17. The zero-order valence-electron chi connectivity index (χ0n) is 9.01. The van der Waals surface area contributed by atoms with E-state index in [9.17, 15) is 0 Å². The van der Waals surface area contributed by atoms with Crippen molar-refractivity contribution in [2.45, 2.75) is 46.1 Å². The Morgan fingerprint density at radius 2 is 1.75 bits per heavy atom. The summed E-state index contributed by atoms with van der Waals surface area (Å²) in [5.74, 6) is 1.76. The second-order valence-corrected chi connectivity index (χ2v) is 4.55. The molecule has 0 aromatic heterocycles. The topological polar surface area (TPSA) is 3.24 Å². The van der Waals surface area contributed by atoms with Gasteiger partial charge in [-0.15, -0.1) is 0 Å². The fraction of sp³-hybridized carbons (Fsp3) is 1.00. The van der Waals surface area contributed by atoms with Crippen molar-refractivity contribution < 1.29 is 0 Å². The summed E-state index contributed by atoms with van der Waals surface area (Å²) in [5.41, 5.74) is 0. The van der Waals surface area contributed by atoms with Crippen molar-refractivity contribution in [3.63, 3.8) is 0 Å². The molecule has 1 rings (SSSR count). The second kappa shape index (κ2) is 4.27. The molecular formula is C11H23N. The molecule has 1 heteroatoms. The first-order valence-corrected chi connectivity index (χ1v) is 5.33. The number of hydrogen-bond acceptors (Lipinski definition) is 1. The van der Waals surface area contributed by atoms with Gasteiger partial charge in [-0.25, -0.2) is 0 Å². The Kier molecular flexibility index (Phi) is 3.57. The van der Waals surface area contributed by atoms with E-state index in [1.807, 2.05) is 0 Å². The van der Waals surface area contributed by atoms with Gasteiger partial charge in [0, 0.05) is 6.04 Å². The highest BCUT2D eigenvalue weighted by Crippen LogP contribution is 2.26. The van der Waals surface area contributed by atoms with Gasteiger partial charge < -0.3 is 4.90 Å². The van der Waals surface area contributed by atoms with Gasteiger partial charge in [0.2, 0.25) is 0 Å². The Hall–Kier alpha value is -0.0400. The second-order valence-electron chi connectivity index (χ2n) is 4.55. The Morgan fingerprint density at radius 3 is 2.42 bits per heavy atom.